The molecule has 2 aromatic carbocycles. The summed E-state index contributed by atoms with van der Waals surface area (Å²) >= 11 is 3.09. The minimum absolute atomic E-state index is 0.354. The molecule has 1 unspecified atom stereocenters. The molecule has 0 fully saturated rings. The smallest absolute Gasteiger partial charge is 0.323 e. The molecule has 0 radical (unpaired) electrons. The van der Waals surface area contributed by atoms with E-state index in [-0.39, 0.29) is 5.69 Å². The van der Waals surface area contributed by atoms with Crippen molar-refractivity contribution in [3.8, 4) is 0 Å². The van der Waals surface area contributed by atoms with Crippen LogP contribution in [-0.2, 0) is 9.59 Å². The molecule has 1 amide bonds. The van der Waals surface area contributed by atoms with E-state index in [1.54, 1.807) is 54.2 Å². The highest BCUT2D eigenvalue weighted by atomic mass is 32.2. The number of amidine groups is 2. The van der Waals surface area contributed by atoms with E-state index in [0.717, 1.165) is 63.6 Å². The first-order valence-corrected chi connectivity index (χ1v) is 18.5. The second-order valence-electron chi connectivity index (χ2n) is 11.0. The average Bonchev–Trinajstić information content (AvgIpc) is 3.46. The first-order chi connectivity index (χ1) is 23.6. The Morgan fingerprint density at radius 1 is 0.857 bits per heavy atom. The number of nitrogens with zero attached hydrogens (tertiary/aromatic N) is 6. The number of hydrazone groups is 1. The van der Waals surface area contributed by atoms with Crippen LogP contribution in [-0.4, -0.2) is 98.6 Å². The van der Waals surface area contributed by atoms with Gasteiger partial charge in [0, 0.05) is 17.2 Å². The molecule has 49 heavy (non-hydrogen) atoms. The molecule has 6 N–H and O–H groups in total. The zero-order valence-electron chi connectivity index (χ0n) is 29.0. The summed E-state index contributed by atoms with van der Waals surface area (Å²) in [6, 6.07) is 10.5. The lowest BCUT2D eigenvalue weighted by Crippen LogP contribution is -2.31. The van der Waals surface area contributed by atoms with Gasteiger partial charge in [0.15, 0.2) is 11.0 Å². The molecule has 0 spiro atoms. The van der Waals surface area contributed by atoms with Gasteiger partial charge in [0.2, 0.25) is 11.2 Å². The summed E-state index contributed by atoms with van der Waals surface area (Å²) in [5.41, 5.74) is 11.7. The number of azo groups is 1. The zero-order chi connectivity index (χ0) is 35.6. The van der Waals surface area contributed by atoms with Crippen LogP contribution in [0, 0.1) is 0 Å². The van der Waals surface area contributed by atoms with Crippen LogP contribution in [0.4, 0.5) is 17.1 Å². The van der Waals surface area contributed by atoms with Crippen molar-refractivity contribution >= 4 is 73.6 Å². The Kier molecular flexibility index (Phi) is 17.0. The van der Waals surface area contributed by atoms with E-state index in [9.17, 15) is 14.4 Å². The Bertz CT molecular complexity index is 1630. The molecule has 1 heterocycles. The number of hydrogen-bond donors (Lipinski definition) is 5. The first-order valence-electron chi connectivity index (χ1n) is 16.6. The highest BCUT2D eigenvalue weighted by molar-refractivity contribution is 8.15. The fraction of sp³-hybridized carbons (Fsp3) is 0.485. The van der Waals surface area contributed by atoms with Crippen molar-refractivity contribution in [1.82, 2.24) is 19.8 Å². The van der Waals surface area contributed by atoms with Gasteiger partial charge >= 0.3 is 5.69 Å². The van der Waals surface area contributed by atoms with Gasteiger partial charge in [-0.2, -0.15) is 15.2 Å². The summed E-state index contributed by atoms with van der Waals surface area (Å²) in [6.07, 6.45) is 2.03. The molecule has 3 rings (SSSR count). The van der Waals surface area contributed by atoms with Gasteiger partial charge in [-0.1, -0.05) is 51.2 Å². The van der Waals surface area contributed by atoms with Crippen LogP contribution in [0.5, 0.6) is 0 Å². The molecule has 0 saturated carbocycles. The number of carbonyl (C=O) groups excluding carboxylic acids is 2. The van der Waals surface area contributed by atoms with E-state index in [0.29, 0.717) is 38.4 Å². The average molecular weight is 712 g/mol. The molecule has 0 aliphatic carbocycles. The third-order valence-corrected chi connectivity index (χ3v) is 9.38. The molecule has 14 nitrogen and oxygen atoms in total. The molecule has 0 bridgehead atoms. The second kappa shape index (κ2) is 21.2. The van der Waals surface area contributed by atoms with Crippen LogP contribution >= 0.6 is 23.5 Å². The lowest BCUT2D eigenvalue weighted by molar-refractivity contribution is -0.126. The number of aromatic nitrogens is 2. The van der Waals surface area contributed by atoms with Crippen molar-refractivity contribution in [1.29, 1.82) is 0 Å². The summed E-state index contributed by atoms with van der Waals surface area (Å²) in [5, 5.41) is 16.4. The number of rotatable bonds is 19. The van der Waals surface area contributed by atoms with Crippen molar-refractivity contribution in [2.75, 3.05) is 61.5 Å². The van der Waals surface area contributed by atoms with Gasteiger partial charge in [0.25, 0.3) is 5.91 Å². The number of hydrogen-bond acceptors (Lipinski definition) is 11. The highest BCUT2D eigenvalue weighted by Crippen LogP contribution is 2.20. The molecule has 0 aliphatic rings. The van der Waals surface area contributed by atoms with Gasteiger partial charge < -0.3 is 30.8 Å². The molecule has 1 atom stereocenters. The van der Waals surface area contributed by atoms with E-state index >= 15 is 0 Å². The number of nitrogens with two attached hydrogens (primary N) is 1. The van der Waals surface area contributed by atoms with E-state index in [2.05, 4.69) is 78.5 Å². The Morgan fingerprint density at radius 3 is 2.06 bits per heavy atom. The summed E-state index contributed by atoms with van der Waals surface area (Å²) in [7, 11) is 0. The van der Waals surface area contributed by atoms with E-state index in [1.807, 2.05) is 0 Å². The van der Waals surface area contributed by atoms with Crippen LogP contribution in [0.1, 0.15) is 47.5 Å². The van der Waals surface area contributed by atoms with Crippen molar-refractivity contribution in [2.24, 2.45) is 26.1 Å². The van der Waals surface area contributed by atoms with Crippen LogP contribution in [0.15, 0.2) is 67.6 Å². The number of amides is 1. The lowest BCUT2D eigenvalue weighted by atomic mass is 10.2. The number of thioether (sulfide) groups is 2. The summed E-state index contributed by atoms with van der Waals surface area (Å²) in [4.78, 5) is 51.3. The molecule has 3 aromatic rings. The quantitative estimate of drug-likeness (QED) is 0.0268. The number of aromatic amines is 2. The summed E-state index contributed by atoms with van der Waals surface area (Å²) in [5.74, 6) is 0.636. The minimum Gasteiger partial charge on any atom is -0.378 e. The molecule has 0 aliphatic heterocycles. The van der Waals surface area contributed by atoms with Crippen LogP contribution in [0.25, 0.3) is 11.0 Å². The van der Waals surface area contributed by atoms with Gasteiger partial charge in [-0.3, -0.25) is 15.0 Å². The maximum Gasteiger partial charge on any atom is 0.323 e. The molecular weight excluding hydrogens is 663 g/mol. The van der Waals surface area contributed by atoms with Crippen LogP contribution in [0.3, 0.4) is 0 Å². The highest BCUT2D eigenvalue weighted by Gasteiger charge is 2.23. The number of H-pyrrole nitrogens is 2. The number of carbonyl (C=O) groups is 2. The molecule has 1 aromatic heterocycles. The Labute approximate surface area is 296 Å². The number of Topliss-reactive ketones (excluding diaryl/α,β-unsaturated/α-hetero) is 1. The summed E-state index contributed by atoms with van der Waals surface area (Å²) in [6.45, 7) is 16.1. The number of aliphatic imine (C=N–C) groups is 1. The number of ketones is 1. The Balaban J connectivity index is 1.62. The SMILES string of the molecule is CCN(CC)CCCSC(N)=NC(=NNc1ccc(N=NC(C(C)=O)C(=O)Nc2ccc3[nH]c(=O)[nH]c3c2)cc1)SCCCN(CC)CC. The van der Waals surface area contributed by atoms with Gasteiger partial charge in [0.1, 0.15) is 0 Å². The first kappa shape index (κ1) is 39.4. The minimum atomic E-state index is -1.34. The zero-order valence-corrected chi connectivity index (χ0v) is 30.6. The predicted octanol–water partition coefficient (Wildman–Crippen LogP) is 5.46. The van der Waals surface area contributed by atoms with Crippen molar-refractivity contribution < 1.29 is 9.59 Å². The maximum absolute atomic E-state index is 12.9. The molecule has 16 heteroatoms. The number of anilines is 2. The number of benzene rings is 2. The third kappa shape index (κ3) is 13.8. The predicted molar refractivity (Wildman–Crippen MR) is 205 cm³/mol. The monoisotopic (exact) mass is 711 g/mol. The lowest BCUT2D eigenvalue weighted by Gasteiger charge is -2.17. The van der Waals surface area contributed by atoms with Gasteiger partial charge in [0.05, 0.1) is 22.4 Å². The number of nitrogens with one attached hydrogen (secondary N) is 4. The van der Waals surface area contributed by atoms with Crippen molar-refractivity contribution in [3.63, 3.8) is 0 Å². The van der Waals surface area contributed by atoms with E-state index < -0.39 is 17.7 Å². The Morgan fingerprint density at radius 2 is 1.45 bits per heavy atom. The van der Waals surface area contributed by atoms with Crippen molar-refractivity contribution in [3.05, 3.63) is 52.9 Å². The fourth-order valence-electron chi connectivity index (χ4n) is 4.69. The second-order valence-corrected chi connectivity index (χ2v) is 13.2. The topological polar surface area (TPSA) is 189 Å². The maximum atomic E-state index is 12.9. The van der Waals surface area contributed by atoms with Gasteiger partial charge in [-0.05, 0) is 101 Å². The number of imidazole rings is 1. The third-order valence-electron chi connectivity index (χ3n) is 7.57. The van der Waals surface area contributed by atoms with E-state index in [4.69, 9.17) is 5.73 Å². The van der Waals surface area contributed by atoms with E-state index in [1.165, 1.54) is 18.7 Å². The molecule has 0 saturated heterocycles. The van der Waals surface area contributed by atoms with Gasteiger partial charge in [-0.25, -0.2) is 4.79 Å². The molecule has 266 valence electrons. The standard InChI is InChI=1S/C33H49N11O3S2/c1-6-43(7-2)18-10-20-48-31(34)38-33(49-21-11-19-44(8-3)9-4)42-40-25-14-12-24(13-15-25)39-41-29(23(5)45)30(46)35-26-16-17-27-28(22-26)37-32(47)36-27/h12-17,22,29,40H,6-11,18-21H2,1-5H3,(H,35,46)(H2,34,38,42)(H2,36,37,47). The van der Waals surface area contributed by atoms with Gasteiger partial charge in [-0.15, -0.1) is 5.10 Å². The number of fused-ring (bicyclic) bond motifs is 1. The normalized spacial score (nSPS) is 13.1. The van der Waals surface area contributed by atoms with Crippen LogP contribution < -0.4 is 22.2 Å². The van der Waals surface area contributed by atoms with Crippen LogP contribution in [0.2, 0.25) is 0 Å². The molecular formula is C33H49N11O3S2. The van der Waals surface area contributed by atoms with Crippen molar-refractivity contribution in [2.45, 2.75) is 53.5 Å². The summed E-state index contributed by atoms with van der Waals surface area (Å²) < 4.78 is 0. The fourth-order valence-corrected chi connectivity index (χ4v) is 6.11. The largest absolute Gasteiger partial charge is 0.378 e. The Hall–Kier alpha value is -3.99.